The van der Waals surface area contributed by atoms with E-state index in [1.807, 2.05) is 18.2 Å². The lowest BCUT2D eigenvalue weighted by Crippen LogP contribution is -2.67. The van der Waals surface area contributed by atoms with Gasteiger partial charge in [0.05, 0.1) is 19.6 Å². The summed E-state index contributed by atoms with van der Waals surface area (Å²) in [7, 11) is 5.62. The van der Waals surface area contributed by atoms with Crippen molar-refractivity contribution in [3.63, 3.8) is 0 Å². The van der Waals surface area contributed by atoms with Crippen LogP contribution < -0.4 is 0 Å². The molecule has 0 saturated carbocycles. The zero-order chi connectivity index (χ0) is 31.7. The van der Waals surface area contributed by atoms with Crippen molar-refractivity contribution in [2.45, 2.75) is 37.4 Å². The smallest absolute Gasteiger partial charge is 0.123 e. The van der Waals surface area contributed by atoms with Crippen molar-refractivity contribution in [1.82, 2.24) is 4.90 Å². The highest BCUT2D eigenvalue weighted by Crippen LogP contribution is 2.44. The van der Waals surface area contributed by atoms with Gasteiger partial charge in [-0.2, -0.15) is 0 Å². The van der Waals surface area contributed by atoms with Gasteiger partial charge in [0.25, 0.3) is 0 Å². The monoisotopic (exact) mass is 607 g/mol. The third-order valence-electron chi connectivity index (χ3n) is 9.59. The Morgan fingerprint density at radius 2 is 1.16 bits per heavy atom. The molecule has 0 spiro atoms. The number of hydrogen-bond donors (Lipinski definition) is 0. The number of rotatable bonds is 11. The topological polar surface area (TPSA) is 3.24 Å². The lowest BCUT2D eigenvalue weighted by molar-refractivity contribution is -0.934. The van der Waals surface area contributed by atoms with Gasteiger partial charge in [-0.15, -0.1) is 0 Å². The van der Waals surface area contributed by atoms with Crippen LogP contribution in [0.1, 0.15) is 47.9 Å². The molecular weight excluding hydrogens is 564 g/mol. The quantitative estimate of drug-likeness (QED) is 0.0716. The molecule has 4 aromatic rings. The number of piperazine rings is 3. The van der Waals surface area contributed by atoms with Gasteiger partial charge < -0.3 is 12.3 Å². The molecule has 45 heavy (non-hydrogen) atoms. The first-order chi connectivity index (χ1) is 21.8. The highest BCUT2D eigenvalue weighted by molar-refractivity contribution is 6.08. The summed E-state index contributed by atoms with van der Waals surface area (Å²) in [5.41, 5.74) is 3.79. The largest absolute Gasteiger partial charge is 0.626 e. The molecule has 2 nitrogen and oxygen atoms in total. The zero-order valence-corrected chi connectivity index (χ0v) is 26.1. The van der Waals surface area contributed by atoms with Gasteiger partial charge in [-0.25, -0.2) is 13.2 Å². The Hall–Kier alpha value is -3.61. The first-order valence-corrected chi connectivity index (χ1v) is 16.1. The number of nitrogens with zero attached hydrogens (tertiary/aromatic N) is 2. The summed E-state index contributed by atoms with van der Waals surface area (Å²) >= 11 is 0. The van der Waals surface area contributed by atoms with E-state index in [4.69, 9.17) is 7.85 Å². The molecular formula is C39H43BF3N2. The Kier molecular flexibility index (Phi) is 11.0. The van der Waals surface area contributed by atoms with Crippen LogP contribution in [-0.4, -0.2) is 63.0 Å². The molecule has 3 radical (unpaired) electrons. The van der Waals surface area contributed by atoms with E-state index in [-0.39, 0.29) is 17.5 Å². The number of unbranched alkanes of at least 4 members (excludes halogenated alkanes) is 2. The van der Waals surface area contributed by atoms with E-state index >= 15 is 0 Å². The fourth-order valence-corrected chi connectivity index (χ4v) is 7.04. The highest BCUT2D eigenvalue weighted by atomic mass is 19.1. The van der Waals surface area contributed by atoms with Crippen molar-refractivity contribution >= 4 is 13.4 Å². The van der Waals surface area contributed by atoms with Crippen molar-refractivity contribution in [2.75, 3.05) is 45.8 Å². The fraction of sp³-hybridized carbons (Fsp3) is 0.333. The number of halogens is 3. The van der Waals surface area contributed by atoms with E-state index < -0.39 is 5.41 Å². The summed E-state index contributed by atoms with van der Waals surface area (Å²) in [5.74, 6) is -1.13. The van der Waals surface area contributed by atoms with Crippen LogP contribution in [0.15, 0.2) is 110 Å². The zero-order valence-electron chi connectivity index (χ0n) is 26.1. The maximum absolute atomic E-state index is 14.2. The van der Waals surface area contributed by atoms with Gasteiger partial charge in [-0.1, -0.05) is 92.6 Å². The van der Waals surface area contributed by atoms with Crippen molar-refractivity contribution in [2.24, 2.45) is 0 Å². The average Bonchev–Trinajstić information content (AvgIpc) is 3.06. The molecule has 3 heterocycles. The maximum atomic E-state index is 14.2. The predicted molar refractivity (Wildman–Crippen MR) is 180 cm³/mol. The Bertz CT molecular complexity index is 1420. The van der Waals surface area contributed by atoms with Crippen LogP contribution in [-0.2, 0) is 5.41 Å². The highest BCUT2D eigenvalue weighted by Gasteiger charge is 2.39. The van der Waals surface area contributed by atoms with Gasteiger partial charge in [0, 0.05) is 30.6 Å². The molecule has 0 N–H and O–H groups in total. The van der Waals surface area contributed by atoms with Gasteiger partial charge in [-0.3, -0.25) is 11.2 Å². The lowest BCUT2D eigenvalue weighted by Gasteiger charge is -2.50. The summed E-state index contributed by atoms with van der Waals surface area (Å²) in [6, 6.07) is 29.5. The molecule has 0 aliphatic carbocycles. The van der Waals surface area contributed by atoms with Gasteiger partial charge in [0.2, 0.25) is 0 Å². The molecule has 0 amide bonds. The van der Waals surface area contributed by atoms with Crippen molar-refractivity contribution in [1.29, 1.82) is 0 Å². The maximum Gasteiger partial charge on any atom is 0.123 e. The molecule has 0 aromatic heterocycles. The third kappa shape index (κ3) is 7.98. The van der Waals surface area contributed by atoms with Crippen molar-refractivity contribution in [3.8, 4) is 0 Å². The van der Waals surface area contributed by atoms with E-state index in [2.05, 4.69) is 41.8 Å². The van der Waals surface area contributed by atoms with Gasteiger partial charge in [0.1, 0.15) is 24.0 Å². The molecule has 233 valence electrons. The lowest BCUT2D eigenvalue weighted by atomic mass is 9.66. The number of hydrogen-bond acceptors (Lipinski definition) is 1. The summed E-state index contributed by atoms with van der Waals surface area (Å²) in [6.07, 6.45) is 3.72. The van der Waals surface area contributed by atoms with Crippen LogP contribution in [0.3, 0.4) is 0 Å². The molecule has 6 heteroatoms. The molecule has 7 rings (SSSR count). The number of quaternary nitrogens is 1. The molecule has 3 fully saturated rings. The minimum atomic E-state index is -0.860. The second-order valence-electron chi connectivity index (χ2n) is 12.5. The fourth-order valence-electron chi connectivity index (χ4n) is 7.04. The molecule has 4 aromatic carbocycles. The first-order valence-electron chi connectivity index (χ1n) is 16.1. The minimum absolute atomic E-state index is 0.378. The molecule has 0 unspecified atom stereocenters. The Morgan fingerprint density at radius 3 is 1.60 bits per heavy atom. The normalized spacial score (nSPS) is 19.1. The van der Waals surface area contributed by atoms with Gasteiger partial charge in [0.15, 0.2) is 0 Å². The summed E-state index contributed by atoms with van der Waals surface area (Å²) in [6.45, 7) is 13.2. The molecule has 2 bridgehead atoms. The van der Waals surface area contributed by atoms with Gasteiger partial charge >= 0.3 is 0 Å². The first kappa shape index (κ1) is 32.8. The van der Waals surface area contributed by atoms with Crippen LogP contribution in [0.5, 0.6) is 0 Å². The minimum Gasteiger partial charge on any atom is -0.626 e. The van der Waals surface area contributed by atoms with E-state index in [1.54, 1.807) is 18.2 Å². The van der Waals surface area contributed by atoms with E-state index in [9.17, 15) is 13.2 Å². The van der Waals surface area contributed by atoms with Crippen LogP contribution in [0.25, 0.3) is 5.57 Å². The molecule has 0 atom stereocenters. The van der Waals surface area contributed by atoms with E-state index in [0.29, 0.717) is 29.4 Å². The van der Waals surface area contributed by atoms with Gasteiger partial charge in [-0.05, 0) is 65.1 Å². The molecule has 3 aliphatic rings. The Balaban J connectivity index is 0.000000200. The van der Waals surface area contributed by atoms with Crippen molar-refractivity contribution in [3.05, 3.63) is 149 Å². The van der Waals surface area contributed by atoms with Crippen LogP contribution in [0.4, 0.5) is 13.2 Å². The standard InChI is InChI=1S/C24H22BF3.C15H21N2/c25-14-3-1-2-13-24(18-7-4-10-21(26)15-18,19-8-5-11-22(27)16-19)20-9-6-12-23(28)17-20;1-14(15-5-3-2-4-6-15)13-17-10-7-16(8-11-17)9-12-17/h4-12,15-17H,1-3,13-14H2;2-6H,1,7-13H2/q-1;+1. The third-order valence-corrected chi connectivity index (χ3v) is 9.59. The summed E-state index contributed by atoms with van der Waals surface area (Å²) in [4.78, 5) is 2.59. The number of benzene rings is 4. The SMILES string of the molecule is C=C(C[N+]12CCN(CC1)CC2)c1ccccc1.[B-]CCCCCC(c1cccc(F)c1)(c1cccc(F)c1)c1cccc(F)c1. The Labute approximate surface area is 268 Å². The van der Waals surface area contributed by atoms with Crippen LogP contribution in [0, 0.1) is 17.5 Å². The van der Waals surface area contributed by atoms with Crippen LogP contribution >= 0.6 is 0 Å². The Morgan fingerprint density at radius 1 is 0.667 bits per heavy atom. The van der Waals surface area contributed by atoms with E-state index in [0.717, 1.165) is 25.8 Å². The number of fused-ring (bicyclic) bond motifs is 3. The molecule has 3 aliphatic heterocycles. The molecule has 3 saturated heterocycles. The average molecular weight is 608 g/mol. The second kappa shape index (κ2) is 15.1. The van der Waals surface area contributed by atoms with E-state index in [1.165, 1.54) is 91.3 Å². The summed E-state index contributed by atoms with van der Waals surface area (Å²) < 4.78 is 43.8. The second-order valence-corrected chi connectivity index (χ2v) is 12.5. The summed E-state index contributed by atoms with van der Waals surface area (Å²) in [5, 5.41) is 0. The van der Waals surface area contributed by atoms with Crippen LogP contribution in [0.2, 0.25) is 6.32 Å². The van der Waals surface area contributed by atoms with Crippen molar-refractivity contribution < 1.29 is 17.7 Å². The predicted octanol–water partition coefficient (Wildman–Crippen LogP) is 8.43.